The highest BCUT2D eigenvalue weighted by Crippen LogP contribution is 2.29. The van der Waals surface area contributed by atoms with Crippen molar-refractivity contribution in [1.29, 1.82) is 0 Å². The fourth-order valence-corrected chi connectivity index (χ4v) is 5.34. The molecule has 1 N–H and O–H groups in total. The van der Waals surface area contributed by atoms with Crippen molar-refractivity contribution in [2.45, 2.75) is 50.7 Å². The molecule has 1 fully saturated rings. The van der Waals surface area contributed by atoms with Gasteiger partial charge >= 0.3 is 0 Å². The highest BCUT2D eigenvalue weighted by atomic mass is 32.2. The number of carbonyl (C=O) groups is 1. The molecule has 1 aliphatic rings. The summed E-state index contributed by atoms with van der Waals surface area (Å²) in [5, 5.41) is 3.58. The fraction of sp³-hybridized carbons (Fsp3) is 0.632. The lowest BCUT2D eigenvalue weighted by molar-refractivity contribution is -0.119. The van der Waals surface area contributed by atoms with Crippen molar-refractivity contribution < 1.29 is 13.2 Å². The van der Waals surface area contributed by atoms with Gasteiger partial charge in [-0.25, -0.2) is 8.42 Å². The monoisotopic (exact) mass is 398 g/mol. The van der Waals surface area contributed by atoms with E-state index in [1.54, 1.807) is 12.1 Å². The van der Waals surface area contributed by atoms with E-state index in [2.05, 4.69) is 5.32 Å². The Kier molecular flexibility index (Phi) is 7.83. The second kappa shape index (κ2) is 9.65. The summed E-state index contributed by atoms with van der Waals surface area (Å²) in [6, 6.07) is 7.36. The zero-order valence-electron chi connectivity index (χ0n) is 15.9. The standard InChI is InChI=1S/C19H30N2O3S2/c1-15(2)17-10-6-7-11-18(17)21(26(3,23)24)14-19(22)20-12-13-25-16-8-4-5-9-16/h6-7,10-11,15-16H,4-5,8-9,12-14H2,1-3H3,(H,20,22). The molecule has 0 aliphatic heterocycles. The van der Waals surface area contributed by atoms with Gasteiger partial charge in [-0.15, -0.1) is 0 Å². The van der Waals surface area contributed by atoms with Crippen LogP contribution in [0, 0.1) is 0 Å². The van der Waals surface area contributed by atoms with Crippen LogP contribution < -0.4 is 9.62 Å². The molecule has 5 nitrogen and oxygen atoms in total. The zero-order chi connectivity index (χ0) is 19.2. The molecule has 26 heavy (non-hydrogen) atoms. The molecule has 1 aromatic rings. The Balaban J connectivity index is 1.96. The summed E-state index contributed by atoms with van der Waals surface area (Å²) in [6.45, 7) is 4.42. The largest absolute Gasteiger partial charge is 0.354 e. The number of rotatable bonds is 9. The Morgan fingerprint density at radius 3 is 2.54 bits per heavy atom. The number of benzene rings is 1. The third kappa shape index (κ3) is 6.20. The first-order chi connectivity index (χ1) is 12.3. The molecule has 0 spiro atoms. The van der Waals surface area contributed by atoms with Gasteiger partial charge < -0.3 is 5.32 Å². The number of amides is 1. The van der Waals surface area contributed by atoms with Gasteiger partial charge in [0.25, 0.3) is 0 Å². The van der Waals surface area contributed by atoms with Crippen LogP contribution in [0.25, 0.3) is 0 Å². The van der Waals surface area contributed by atoms with E-state index in [0.29, 0.717) is 12.2 Å². The van der Waals surface area contributed by atoms with E-state index < -0.39 is 10.0 Å². The summed E-state index contributed by atoms with van der Waals surface area (Å²) >= 11 is 1.91. The minimum atomic E-state index is -3.55. The molecule has 0 radical (unpaired) electrons. The van der Waals surface area contributed by atoms with Crippen LogP contribution in [0.4, 0.5) is 5.69 Å². The van der Waals surface area contributed by atoms with E-state index >= 15 is 0 Å². The van der Waals surface area contributed by atoms with E-state index in [1.807, 2.05) is 37.7 Å². The van der Waals surface area contributed by atoms with Crippen molar-refractivity contribution >= 4 is 33.4 Å². The first-order valence-electron chi connectivity index (χ1n) is 9.24. The van der Waals surface area contributed by atoms with E-state index in [4.69, 9.17) is 0 Å². The van der Waals surface area contributed by atoms with Crippen LogP contribution in [0.2, 0.25) is 0 Å². The highest BCUT2D eigenvalue weighted by molar-refractivity contribution is 7.99. The van der Waals surface area contributed by atoms with Gasteiger partial charge in [0.15, 0.2) is 0 Å². The van der Waals surface area contributed by atoms with Crippen LogP contribution in [-0.2, 0) is 14.8 Å². The Labute approximate surface area is 162 Å². The topological polar surface area (TPSA) is 66.5 Å². The molecular formula is C19H30N2O3S2. The maximum Gasteiger partial charge on any atom is 0.240 e. The highest BCUT2D eigenvalue weighted by Gasteiger charge is 2.24. The van der Waals surface area contributed by atoms with Crippen molar-refractivity contribution in [3.05, 3.63) is 29.8 Å². The molecule has 0 atom stereocenters. The summed E-state index contributed by atoms with van der Waals surface area (Å²) in [6.07, 6.45) is 6.30. The lowest BCUT2D eigenvalue weighted by Gasteiger charge is -2.25. The Bertz CT molecular complexity index is 698. The number of sulfonamides is 1. The van der Waals surface area contributed by atoms with Gasteiger partial charge in [0.1, 0.15) is 6.54 Å². The van der Waals surface area contributed by atoms with Gasteiger partial charge in [0.2, 0.25) is 15.9 Å². The molecule has 7 heteroatoms. The van der Waals surface area contributed by atoms with Crippen LogP contribution in [-0.4, -0.2) is 44.7 Å². The second-order valence-corrected chi connectivity index (χ2v) is 10.4. The summed E-state index contributed by atoms with van der Waals surface area (Å²) in [5.41, 5.74) is 1.50. The minimum Gasteiger partial charge on any atom is -0.354 e. The second-order valence-electron chi connectivity index (χ2n) is 7.11. The van der Waals surface area contributed by atoms with Crippen LogP contribution >= 0.6 is 11.8 Å². The number of thioether (sulfide) groups is 1. The molecule has 0 aromatic heterocycles. The summed E-state index contributed by atoms with van der Waals surface area (Å²) in [7, 11) is -3.55. The number of anilines is 1. The normalized spacial score (nSPS) is 15.4. The van der Waals surface area contributed by atoms with E-state index in [9.17, 15) is 13.2 Å². The molecule has 0 unspecified atom stereocenters. The molecule has 1 amide bonds. The Morgan fingerprint density at radius 1 is 1.27 bits per heavy atom. The minimum absolute atomic E-state index is 0.168. The Hall–Kier alpha value is -1.21. The van der Waals surface area contributed by atoms with Crippen molar-refractivity contribution in [2.75, 3.05) is 29.4 Å². The van der Waals surface area contributed by atoms with Gasteiger partial charge in [-0.05, 0) is 30.4 Å². The summed E-state index contributed by atoms with van der Waals surface area (Å²) in [4.78, 5) is 12.3. The van der Waals surface area contributed by atoms with E-state index in [0.717, 1.165) is 22.8 Å². The molecule has 1 saturated carbocycles. The smallest absolute Gasteiger partial charge is 0.240 e. The van der Waals surface area contributed by atoms with Crippen molar-refractivity contribution in [1.82, 2.24) is 5.32 Å². The predicted molar refractivity (Wildman–Crippen MR) is 110 cm³/mol. The molecule has 1 aliphatic carbocycles. The third-order valence-corrected chi connectivity index (χ3v) is 7.10. The molecule has 2 rings (SSSR count). The Morgan fingerprint density at radius 2 is 1.92 bits per heavy atom. The van der Waals surface area contributed by atoms with E-state index in [-0.39, 0.29) is 18.4 Å². The molecule has 0 heterocycles. The first-order valence-corrected chi connectivity index (χ1v) is 12.1. The molecule has 146 valence electrons. The van der Waals surface area contributed by atoms with Gasteiger partial charge in [0.05, 0.1) is 11.9 Å². The van der Waals surface area contributed by atoms with Crippen LogP contribution in [0.5, 0.6) is 0 Å². The molecule has 1 aromatic carbocycles. The maximum atomic E-state index is 12.3. The average molecular weight is 399 g/mol. The lowest BCUT2D eigenvalue weighted by atomic mass is 10.0. The van der Waals surface area contributed by atoms with Crippen molar-refractivity contribution in [2.24, 2.45) is 0 Å². The predicted octanol–water partition coefficient (Wildman–Crippen LogP) is 3.37. The van der Waals surface area contributed by atoms with Crippen molar-refractivity contribution in [3.63, 3.8) is 0 Å². The summed E-state index contributed by atoms with van der Waals surface area (Å²) in [5.74, 6) is 0.778. The number of nitrogens with zero attached hydrogens (tertiary/aromatic N) is 1. The first kappa shape index (κ1) is 21.1. The van der Waals surface area contributed by atoms with Gasteiger partial charge in [-0.2, -0.15) is 11.8 Å². The molecule has 0 saturated heterocycles. The number of nitrogens with one attached hydrogen (secondary N) is 1. The third-order valence-electron chi connectivity index (χ3n) is 4.59. The van der Waals surface area contributed by atoms with Gasteiger partial charge in [-0.1, -0.05) is 44.9 Å². The zero-order valence-corrected chi connectivity index (χ0v) is 17.5. The SMILES string of the molecule is CC(C)c1ccccc1N(CC(=O)NCCSC1CCCC1)S(C)(=O)=O. The number of hydrogen-bond donors (Lipinski definition) is 1. The van der Waals surface area contributed by atoms with Crippen LogP contribution in [0.1, 0.15) is 51.0 Å². The molecular weight excluding hydrogens is 368 g/mol. The number of carbonyl (C=O) groups excluding carboxylic acids is 1. The fourth-order valence-electron chi connectivity index (χ4n) is 3.24. The number of para-hydroxylation sites is 1. The lowest BCUT2D eigenvalue weighted by Crippen LogP contribution is -2.41. The van der Waals surface area contributed by atoms with Crippen LogP contribution in [0.3, 0.4) is 0 Å². The number of hydrogen-bond acceptors (Lipinski definition) is 4. The maximum absolute atomic E-state index is 12.3. The van der Waals surface area contributed by atoms with Crippen LogP contribution in [0.15, 0.2) is 24.3 Å². The van der Waals surface area contributed by atoms with Gasteiger partial charge in [-0.3, -0.25) is 9.10 Å². The van der Waals surface area contributed by atoms with Crippen molar-refractivity contribution in [3.8, 4) is 0 Å². The molecule has 0 bridgehead atoms. The quantitative estimate of drug-likeness (QED) is 0.648. The van der Waals surface area contributed by atoms with Gasteiger partial charge in [0, 0.05) is 17.5 Å². The average Bonchev–Trinajstić information content (AvgIpc) is 3.09. The summed E-state index contributed by atoms with van der Waals surface area (Å²) < 4.78 is 25.8. The van der Waals surface area contributed by atoms with E-state index in [1.165, 1.54) is 30.0 Å².